The number of hydrogen-bond donors (Lipinski definition) is 1. The summed E-state index contributed by atoms with van der Waals surface area (Å²) in [4.78, 5) is 0. The largest absolute Gasteiger partial charge is 0.382 e. The third-order valence-corrected chi connectivity index (χ3v) is 1.85. The highest BCUT2D eigenvalue weighted by Crippen LogP contribution is 1.81. The van der Waals surface area contributed by atoms with Gasteiger partial charge in [-0.3, -0.25) is 0 Å². The molecule has 0 aromatic heterocycles. The van der Waals surface area contributed by atoms with Crippen molar-refractivity contribution < 1.29 is 18.9 Å². The maximum Gasteiger partial charge on any atom is 0.0701 e. The third-order valence-electron chi connectivity index (χ3n) is 1.85. The summed E-state index contributed by atoms with van der Waals surface area (Å²) in [5.41, 5.74) is 0. The van der Waals surface area contributed by atoms with Crippen LogP contribution in [0.1, 0.15) is 6.92 Å². The lowest BCUT2D eigenvalue weighted by Gasteiger charge is -2.06. The summed E-state index contributed by atoms with van der Waals surface area (Å²) in [5.74, 6) is 0. The van der Waals surface area contributed by atoms with Crippen LogP contribution in [0.3, 0.4) is 0 Å². The molecular weight excluding hydrogens is 210 g/mol. The minimum atomic E-state index is 0.611. The zero-order valence-electron chi connectivity index (χ0n) is 10.5. The van der Waals surface area contributed by atoms with Gasteiger partial charge in [0, 0.05) is 13.7 Å². The summed E-state index contributed by atoms with van der Waals surface area (Å²) < 4.78 is 20.7. The molecule has 0 saturated carbocycles. The fourth-order valence-corrected chi connectivity index (χ4v) is 1.01. The van der Waals surface area contributed by atoms with Crippen molar-refractivity contribution in [2.75, 3.05) is 66.4 Å². The standard InChI is InChI=1S/C11H25NO4/c1-3-12-4-5-14-8-9-16-11-10-15-7-6-13-2/h12H,3-11H2,1-2H3. The van der Waals surface area contributed by atoms with Crippen molar-refractivity contribution in [2.45, 2.75) is 6.92 Å². The van der Waals surface area contributed by atoms with Crippen LogP contribution >= 0.6 is 0 Å². The first-order valence-corrected chi connectivity index (χ1v) is 5.84. The first-order valence-electron chi connectivity index (χ1n) is 5.84. The molecule has 1 N–H and O–H groups in total. The molecule has 0 heterocycles. The summed E-state index contributed by atoms with van der Waals surface area (Å²) in [7, 11) is 1.66. The van der Waals surface area contributed by atoms with Gasteiger partial charge in [-0.2, -0.15) is 0 Å². The second kappa shape index (κ2) is 14.8. The van der Waals surface area contributed by atoms with Gasteiger partial charge in [-0.05, 0) is 6.54 Å². The van der Waals surface area contributed by atoms with Crippen molar-refractivity contribution in [3.63, 3.8) is 0 Å². The number of ether oxygens (including phenoxy) is 4. The quantitative estimate of drug-likeness (QED) is 0.465. The Bertz CT molecular complexity index is 111. The fraction of sp³-hybridized carbons (Fsp3) is 1.00. The zero-order valence-corrected chi connectivity index (χ0v) is 10.5. The van der Waals surface area contributed by atoms with Crippen LogP contribution in [0, 0.1) is 0 Å². The van der Waals surface area contributed by atoms with E-state index in [9.17, 15) is 0 Å². The summed E-state index contributed by atoms with van der Waals surface area (Å²) in [6.45, 7) is 8.44. The van der Waals surface area contributed by atoms with Crippen molar-refractivity contribution in [3.8, 4) is 0 Å². The normalized spacial score (nSPS) is 10.9. The van der Waals surface area contributed by atoms with E-state index in [0.29, 0.717) is 39.6 Å². The number of likely N-dealkylation sites (N-methyl/N-ethyl adjacent to an activating group) is 1. The monoisotopic (exact) mass is 235 g/mol. The Morgan fingerprint density at radius 3 is 1.75 bits per heavy atom. The van der Waals surface area contributed by atoms with E-state index in [1.807, 2.05) is 0 Å². The molecule has 0 aliphatic rings. The second-order valence-electron chi connectivity index (χ2n) is 3.18. The van der Waals surface area contributed by atoms with E-state index in [1.165, 1.54) is 0 Å². The van der Waals surface area contributed by atoms with Crippen molar-refractivity contribution in [2.24, 2.45) is 0 Å². The van der Waals surface area contributed by atoms with Gasteiger partial charge in [-0.25, -0.2) is 0 Å². The van der Waals surface area contributed by atoms with Crippen LogP contribution in [0.2, 0.25) is 0 Å². The molecule has 0 aromatic carbocycles. The van der Waals surface area contributed by atoms with Crippen LogP contribution in [0.4, 0.5) is 0 Å². The predicted octanol–water partition coefficient (Wildman–Crippen LogP) is 0.292. The molecule has 0 amide bonds. The molecule has 0 saturated heterocycles. The summed E-state index contributed by atoms with van der Waals surface area (Å²) in [6, 6.07) is 0. The number of hydrogen-bond acceptors (Lipinski definition) is 5. The zero-order chi connectivity index (χ0) is 11.9. The van der Waals surface area contributed by atoms with E-state index in [-0.39, 0.29) is 0 Å². The average molecular weight is 235 g/mol. The van der Waals surface area contributed by atoms with Crippen molar-refractivity contribution in [1.29, 1.82) is 0 Å². The van der Waals surface area contributed by atoms with Gasteiger partial charge in [0.1, 0.15) is 0 Å². The second-order valence-corrected chi connectivity index (χ2v) is 3.18. The van der Waals surface area contributed by atoms with Crippen LogP contribution in [0.15, 0.2) is 0 Å². The lowest BCUT2D eigenvalue weighted by Crippen LogP contribution is -2.20. The molecule has 0 bridgehead atoms. The Kier molecular flexibility index (Phi) is 14.6. The van der Waals surface area contributed by atoms with E-state index >= 15 is 0 Å². The van der Waals surface area contributed by atoms with Gasteiger partial charge in [0.2, 0.25) is 0 Å². The number of methoxy groups -OCH3 is 1. The molecule has 0 atom stereocenters. The Hall–Kier alpha value is -0.200. The lowest BCUT2D eigenvalue weighted by molar-refractivity contribution is 0.00414. The highest BCUT2D eigenvalue weighted by Gasteiger charge is 1.91. The minimum Gasteiger partial charge on any atom is -0.382 e. The van der Waals surface area contributed by atoms with Gasteiger partial charge < -0.3 is 24.3 Å². The molecule has 0 rings (SSSR count). The minimum absolute atomic E-state index is 0.611. The van der Waals surface area contributed by atoms with Crippen LogP contribution in [-0.4, -0.2) is 66.4 Å². The van der Waals surface area contributed by atoms with E-state index in [0.717, 1.165) is 19.7 Å². The van der Waals surface area contributed by atoms with E-state index in [4.69, 9.17) is 18.9 Å². The van der Waals surface area contributed by atoms with E-state index in [2.05, 4.69) is 12.2 Å². The Morgan fingerprint density at radius 2 is 1.25 bits per heavy atom. The smallest absolute Gasteiger partial charge is 0.0701 e. The fourth-order valence-electron chi connectivity index (χ4n) is 1.01. The summed E-state index contributed by atoms with van der Waals surface area (Å²) in [5, 5.41) is 3.18. The van der Waals surface area contributed by atoms with Gasteiger partial charge >= 0.3 is 0 Å². The molecule has 0 aliphatic carbocycles. The van der Waals surface area contributed by atoms with Crippen molar-refractivity contribution in [1.82, 2.24) is 5.32 Å². The number of nitrogens with one attached hydrogen (secondary N) is 1. The average Bonchev–Trinajstić information content (AvgIpc) is 2.31. The van der Waals surface area contributed by atoms with Crippen LogP contribution in [-0.2, 0) is 18.9 Å². The molecule has 98 valence electrons. The van der Waals surface area contributed by atoms with Gasteiger partial charge in [-0.1, -0.05) is 6.92 Å². The highest BCUT2D eigenvalue weighted by atomic mass is 16.6. The SMILES string of the molecule is CCNCCOCCOCCOCCOC. The highest BCUT2D eigenvalue weighted by molar-refractivity contribution is 4.40. The molecule has 0 aliphatic heterocycles. The summed E-state index contributed by atoms with van der Waals surface area (Å²) in [6.07, 6.45) is 0. The van der Waals surface area contributed by atoms with Crippen LogP contribution in [0.5, 0.6) is 0 Å². The predicted molar refractivity (Wildman–Crippen MR) is 62.9 cm³/mol. The first kappa shape index (κ1) is 15.8. The van der Waals surface area contributed by atoms with Gasteiger partial charge in [0.05, 0.1) is 46.2 Å². The van der Waals surface area contributed by atoms with Crippen molar-refractivity contribution in [3.05, 3.63) is 0 Å². The molecule has 0 unspecified atom stereocenters. The van der Waals surface area contributed by atoms with Crippen LogP contribution in [0.25, 0.3) is 0 Å². The lowest BCUT2D eigenvalue weighted by atomic mass is 10.6. The molecule has 0 spiro atoms. The molecule has 0 aromatic rings. The van der Waals surface area contributed by atoms with Crippen LogP contribution < -0.4 is 5.32 Å². The van der Waals surface area contributed by atoms with Gasteiger partial charge in [-0.15, -0.1) is 0 Å². The molecule has 5 nitrogen and oxygen atoms in total. The Balaban J connectivity index is 2.83. The molecular formula is C11H25NO4. The molecule has 5 heteroatoms. The van der Waals surface area contributed by atoms with E-state index < -0.39 is 0 Å². The van der Waals surface area contributed by atoms with Crippen molar-refractivity contribution >= 4 is 0 Å². The first-order chi connectivity index (χ1) is 7.91. The van der Waals surface area contributed by atoms with E-state index in [1.54, 1.807) is 7.11 Å². The molecule has 0 radical (unpaired) electrons. The topological polar surface area (TPSA) is 49.0 Å². The maximum atomic E-state index is 5.33. The third kappa shape index (κ3) is 13.8. The Morgan fingerprint density at radius 1 is 0.750 bits per heavy atom. The molecule has 0 fully saturated rings. The Labute approximate surface area is 98.4 Å². The van der Waals surface area contributed by atoms with Gasteiger partial charge in [0.15, 0.2) is 0 Å². The van der Waals surface area contributed by atoms with Gasteiger partial charge in [0.25, 0.3) is 0 Å². The number of rotatable bonds is 13. The maximum absolute atomic E-state index is 5.33. The molecule has 16 heavy (non-hydrogen) atoms. The summed E-state index contributed by atoms with van der Waals surface area (Å²) >= 11 is 0.